The van der Waals surface area contributed by atoms with E-state index in [1.165, 1.54) is 10.8 Å². The maximum atomic E-state index is 12.8. The number of fused-ring (bicyclic) bond motifs is 2. The van der Waals surface area contributed by atoms with E-state index in [-0.39, 0.29) is 22.9 Å². The van der Waals surface area contributed by atoms with Gasteiger partial charge in [0.2, 0.25) is 5.95 Å². The van der Waals surface area contributed by atoms with Crippen molar-refractivity contribution < 1.29 is 5.11 Å². The van der Waals surface area contributed by atoms with E-state index in [1.807, 2.05) is 42.5 Å². The summed E-state index contributed by atoms with van der Waals surface area (Å²) in [4.78, 5) is 31.7. The molecule has 9 heteroatoms. The third-order valence-corrected chi connectivity index (χ3v) is 5.52. The van der Waals surface area contributed by atoms with Gasteiger partial charge in [0.1, 0.15) is 5.75 Å². The van der Waals surface area contributed by atoms with E-state index in [2.05, 4.69) is 20.5 Å². The fraction of sp³-hybridized carbons (Fsp3) is 0.0833. The molecule has 2 aromatic heterocycles. The Hall–Kier alpha value is -4.66. The maximum absolute atomic E-state index is 12.8. The monoisotopic (exact) mass is 440 g/mol. The molecule has 0 radical (unpaired) electrons. The Kier molecular flexibility index (Phi) is 4.98. The molecular weight excluding hydrogens is 420 g/mol. The van der Waals surface area contributed by atoms with Crippen LogP contribution in [0, 0.1) is 0 Å². The molecule has 0 saturated heterocycles. The van der Waals surface area contributed by atoms with Crippen LogP contribution in [0.5, 0.6) is 5.75 Å². The molecule has 0 aliphatic carbocycles. The molecule has 0 saturated carbocycles. The molecule has 0 amide bonds. The zero-order valence-electron chi connectivity index (χ0n) is 17.7. The minimum Gasteiger partial charge on any atom is -0.507 e. The molecule has 5 rings (SSSR count). The number of hydrazone groups is 1. The van der Waals surface area contributed by atoms with Gasteiger partial charge in [0.25, 0.3) is 5.56 Å². The number of nitrogens with zero attached hydrogens (tertiary/aromatic N) is 4. The van der Waals surface area contributed by atoms with E-state index < -0.39 is 11.2 Å². The van der Waals surface area contributed by atoms with Crippen molar-refractivity contribution in [3.05, 3.63) is 98.7 Å². The van der Waals surface area contributed by atoms with E-state index in [9.17, 15) is 14.7 Å². The van der Waals surface area contributed by atoms with Crippen molar-refractivity contribution in [1.29, 1.82) is 0 Å². The maximum Gasteiger partial charge on any atom is 0.329 e. The number of aromatic hydroxyl groups is 1. The molecule has 33 heavy (non-hydrogen) atoms. The zero-order chi connectivity index (χ0) is 22.9. The van der Waals surface area contributed by atoms with Crippen molar-refractivity contribution in [1.82, 2.24) is 19.1 Å². The van der Waals surface area contributed by atoms with Crippen LogP contribution in [-0.4, -0.2) is 30.4 Å². The van der Waals surface area contributed by atoms with Crippen molar-refractivity contribution in [3.8, 4) is 5.75 Å². The molecule has 0 bridgehead atoms. The highest BCUT2D eigenvalue weighted by Gasteiger charge is 2.18. The van der Waals surface area contributed by atoms with Crippen molar-refractivity contribution in [3.63, 3.8) is 0 Å². The number of benzene rings is 3. The van der Waals surface area contributed by atoms with Crippen LogP contribution in [0.2, 0.25) is 0 Å². The first-order chi connectivity index (χ1) is 16.0. The van der Waals surface area contributed by atoms with Gasteiger partial charge in [0.15, 0.2) is 11.2 Å². The summed E-state index contributed by atoms with van der Waals surface area (Å²) in [5.74, 6) is 0.377. The third kappa shape index (κ3) is 3.65. The number of hydrogen-bond donors (Lipinski definition) is 3. The number of aromatic nitrogens is 4. The normalized spacial score (nSPS) is 11.5. The average molecular weight is 440 g/mol. The van der Waals surface area contributed by atoms with Crippen molar-refractivity contribution in [2.24, 2.45) is 12.1 Å². The molecule has 0 aliphatic rings. The van der Waals surface area contributed by atoms with Crippen LogP contribution in [0.4, 0.5) is 5.95 Å². The first-order valence-corrected chi connectivity index (χ1v) is 10.3. The van der Waals surface area contributed by atoms with Crippen molar-refractivity contribution in [2.75, 3.05) is 5.43 Å². The Balaban J connectivity index is 1.64. The number of para-hydroxylation sites is 1. The molecule has 0 atom stereocenters. The second-order valence-electron chi connectivity index (χ2n) is 7.58. The van der Waals surface area contributed by atoms with Crippen LogP contribution in [0.15, 0.2) is 81.4 Å². The van der Waals surface area contributed by atoms with Crippen LogP contribution in [0.25, 0.3) is 21.9 Å². The average Bonchev–Trinajstić information content (AvgIpc) is 3.18. The second kappa shape index (κ2) is 8.12. The summed E-state index contributed by atoms with van der Waals surface area (Å²) in [7, 11) is 1.55. The number of imidazole rings is 1. The fourth-order valence-corrected chi connectivity index (χ4v) is 3.83. The van der Waals surface area contributed by atoms with Crippen LogP contribution in [0.3, 0.4) is 0 Å². The van der Waals surface area contributed by atoms with Gasteiger partial charge in [-0.25, -0.2) is 10.2 Å². The molecule has 164 valence electrons. The number of phenolic OH excluding ortho intramolecular Hbond substituents is 1. The quantitative estimate of drug-likeness (QED) is 0.287. The number of aromatic amines is 1. The lowest BCUT2D eigenvalue weighted by atomic mass is 10.0. The molecule has 2 heterocycles. The topological polar surface area (TPSA) is 117 Å². The number of rotatable bonds is 5. The summed E-state index contributed by atoms with van der Waals surface area (Å²) >= 11 is 0. The molecule has 5 aromatic rings. The zero-order valence-corrected chi connectivity index (χ0v) is 17.7. The minimum atomic E-state index is -0.549. The van der Waals surface area contributed by atoms with Gasteiger partial charge in [0, 0.05) is 12.6 Å². The number of H-pyrrole nitrogens is 1. The van der Waals surface area contributed by atoms with Gasteiger partial charge in [-0.2, -0.15) is 10.1 Å². The molecule has 9 nitrogen and oxygen atoms in total. The molecule has 0 fully saturated rings. The summed E-state index contributed by atoms with van der Waals surface area (Å²) in [6.45, 7) is 0.327. The molecular formula is C24H20N6O3. The van der Waals surface area contributed by atoms with Crippen LogP contribution < -0.4 is 16.7 Å². The highest BCUT2D eigenvalue weighted by Crippen LogP contribution is 2.23. The lowest BCUT2D eigenvalue weighted by molar-refractivity contribution is 0.474. The Morgan fingerprint density at radius 2 is 1.82 bits per heavy atom. The highest BCUT2D eigenvalue weighted by atomic mass is 16.3. The number of nitrogens with one attached hydrogen (secondary N) is 2. The van der Waals surface area contributed by atoms with E-state index in [0.717, 1.165) is 16.3 Å². The van der Waals surface area contributed by atoms with Gasteiger partial charge in [-0.1, -0.05) is 54.6 Å². The van der Waals surface area contributed by atoms with Gasteiger partial charge in [-0.15, -0.1) is 0 Å². The van der Waals surface area contributed by atoms with Gasteiger partial charge < -0.3 is 5.11 Å². The predicted molar refractivity (Wildman–Crippen MR) is 128 cm³/mol. The Bertz CT molecular complexity index is 1640. The number of aryl methyl sites for hydroxylation is 1. The Labute approximate surface area is 187 Å². The Morgan fingerprint density at radius 1 is 1.06 bits per heavy atom. The van der Waals surface area contributed by atoms with E-state index in [0.29, 0.717) is 12.1 Å². The first kappa shape index (κ1) is 20.3. The number of phenols is 1. The second-order valence-corrected chi connectivity index (χ2v) is 7.58. The summed E-state index contributed by atoms with van der Waals surface area (Å²) in [6.07, 6.45) is 1.46. The Morgan fingerprint density at radius 3 is 2.67 bits per heavy atom. The van der Waals surface area contributed by atoms with E-state index in [1.54, 1.807) is 35.9 Å². The van der Waals surface area contributed by atoms with E-state index >= 15 is 0 Å². The van der Waals surface area contributed by atoms with Gasteiger partial charge in [0.05, 0.1) is 12.8 Å². The number of hydrogen-bond acceptors (Lipinski definition) is 6. The molecule has 3 aromatic carbocycles. The standard InChI is InChI=1S/C24H20N6O3/c1-29-21-20(22(32)27-24(29)33)30(14-17-10-6-9-15-7-2-4-11-18(15)17)23(26-21)28-25-13-16-8-3-5-12-19(16)31/h2-13,31H,14H2,1H3,(H,26,28)(H,27,32,33). The summed E-state index contributed by atoms with van der Waals surface area (Å²) < 4.78 is 2.98. The summed E-state index contributed by atoms with van der Waals surface area (Å²) in [5.41, 5.74) is 3.78. The minimum absolute atomic E-state index is 0.0890. The molecule has 0 aliphatic heterocycles. The third-order valence-electron chi connectivity index (χ3n) is 5.52. The van der Waals surface area contributed by atoms with Crippen molar-refractivity contribution in [2.45, 2.75) is 6.54 Å². The van der Waals surface area contributed by atoms with Crippen LogP contribution >= 0.6 is 0 Å². The fourth-order valence-electron chi connectivity index (χ4n) is 3.83. The van der Waals surface area contributed by atoms with Crippen LogP contribution in [-0.2, 0) is 13.6 Å². The highest BCUT2D eigenvalue weighted by molar-refractivity contribution is 5.86. The molecule has 3 N–H and O–H groups in total. The van der Waals surface area contributed by atoms with Gasteiger partial charge in [-0.3, -0.25) is 18.9 Å². The SMILES string of the molecule is Cn1c(=O)[nH]c(=O)c2c1nc(NN=Cc1ccccc1O)n2Cc1cccc2ccccc12. The summed E-state index contributed by atoms with van der Waals surface area (Å²) in [6, 6.07) is 20.7. The molecule has 0 spiro atoms. The lowest BCUT2D eigenvalue weighted by Crippen LogP contribution is -2.29. The summed E-state index contributed by atoms with van der Waals surface area (Å²) in [5, 5.41) is 16.3. The lowest BCUT2D eigenvalue weighted by Gasteiger charge is -2.11. The smallest absolute Gasteiger partial charge is 0.329 e. The van der Waals surface area contributed by atoms with Crippen LogP contribution in [0.1, 0.15) is 11.1 Å². The van der Waals surface area contributed by atoms with E-state index in [4.69, 9.17) is 0 Å². The molecule has 0 unspecified atom stereocenters. The predicted octanol–water partition coefficient (Wildman–Crippen LogP) is 2.78. The van der Waals surface area contributed by atoms with Gasteiger partial charge >= 0.3 is 5.69 Å². The van der Waals surface area contributed by atoms with Crippen molar-refractivity contribution >= 4 is 34.1 Å². The first-order valence-electron chi connectivity index (χ1n) is 10.3. The van der Waals surface area contributed by atoms with Gasteiger partial charge in [-0.05, 0) is 28.5 Å². The largest absolute Gasteiger partial charge is 0.507 e. The number of anilines is 1.